The average Bonchev–Trinajstić information content (AvgIpc) is 3.06. The van der Waals surface area contributed by atoms with Gasteiger partial charge in [0.05, 0.1) is 29.0 Å². The Balaban J connectivity index is 2.00. The van der Waals surface area contributed by atoms with Crippen LogP contribution in [-0.4, -0.2) is 25.5 Å². The van der Waals surface area contributed by atoms with E-state index < -0.39 is 11.9 Å². The minimum Gasteiger partial charge on any atom is -0.349 e. The van der Waals surface area contributed by atoms with E-state index in [1.807, 2.05) is 25.5 Å². The smallest absolute Gasteiger partial charge is 0.349 e. The fourth-order valence-electron chi connectivity index (χ4n) is 2.73. The summed E-state index contributed by atoms with van der Waals surface area (Å²) in [6.07, 6.45) is -2.80. The van der Waals surface area contributed by atoms with Crippen molar-refractivity contribution in [3.63, 3.8) is 0 Å². The second-order valence-corrected chi connectivity index (χ2v) is 6.80. The topological polar surface area (TPSA) is 64.7 Å². The first kappa shape index (κ1) is 20.5. The molecule has 0 saturated heterocycles. The molecule has 0 aromatic carbocycles. The lowest BCUT2D eigenvalue weighted by molar-refractivity contribution is -0.142. The van der Waals surface area contributed by atoms with Gasteiger partial charge in [0.1, 0.15) is 0 Å². The second-order valence-electron chi connectivity index (χ2n) is 6.01. The molecule has 26 heavy (non-hydrogen) atoms. The SMILES string of the molecule is CCn1ncc(C(C)NC(=O)CCn2nc(C(F)(F)F)c(Br)c2C)c1C. The molecule has 0 aliphatic heterocycles. The van der Waals surface area contributed by atoms with Crippen LogP contribution in [0.5, 0.6) is 0 Å². The molecule has 0 fully saturated rings. The summed E-state index contributed by atoms with van der Waals surface area (Å²) in [5, 5.41) is 10.7. The van der Waals surface area contributed by atoms with Crippen LogP contribution in [-0.2, 0) is 24.1 Å². The molecule has 144 valence electrons. The molecule has 2 rings (SSSR count). The highest BCUT2D eigenvalue weighted by molar-refractivity contribution is 9.10. The quantitative estimate of drug-likeness (QED) is 0.750. The van der Waals surface area contributed by atoms with Crippen LogP contribution in [0.3, 0.4) is 0 Å². The number of carbonyl (C=O) groups is 1. The third-order valence-electron chi connectivity index (χ3n) is 4.24. The molecule has 0 aliphatic rings. The normalized spacial score (nSPS) is 13.1. The van der Waals surface area contributed by atoms with Gasteiger partial charge < -0.3 is 5.32 Å². The molecule has 1 unspecified atom stereocenters. The Kier molecular flexibility index (Phi) is 6.15. The number of nitrogens with zero attached hydrogens (tertiary/aromatic N) is 4. The minimum absolute atomic E-state index is 0.0254. The maximum atomic E-state index is 12.9. The van der Waals surface area contributed by atoms with Crippen LogP contribution in [0.25, 0.3) is 0 Å². The molecule has 0 aliphatic carbocycles. The Labute approximate surface area is 157 Å². The molecule has 0 saturated carbocycles. The summed E-state index contributed by atoms with van der Waals surface area (Å²) >= 11 is 2.92. The Morgan fingerprint density at radius 1 is 1.31 bits per heavy atom. The predicted octanol–water partition coefficient (Wildman–Crippen LogP) is 3.77. The highest BCUT2D eigenvalue weighted by atomic mass is 79.9. The number of nitrogens with one attached hydrogen (secondary N) is 1. The van der Waals surface area contributed by atoms with E-state index in [2.05, 4.69) is 31.4 Å². The Morgan fingerprint density at radius 2 is 1.96 bits per heavy atom. The number of rotatable bonds is 6. The van der Waals surface area contributed by atoms with Gasteiger partial charge in [0.2, 0.25) is 5.91 Å². The van der Waals surface area contributed by atoms with Crippen molar-refractivity contribution in [2.45, 2.75) is 59.4 Å². The van der Waals surface area contributed by atoms with Crippen molar-refractivity contribution in [2.24, 2.45) is 0 Å². The van der Waals surface area contributed by atoms with Crippen LogP contribution in [0.15, 0.2) is 10.7 Å². The van der Waals surface area contributed by atoms with Crippen LogP contribution >= 0.6 is 15.9 Å². The third-order valence-corrected chi connectivity index (χ3v) is 5.19. The fourth-order valence-corrected chi connectivity index (χ4v) is 3.24. The van der Waals surface area contributed by atoms with Crippen LogP contribution in [0.4, 0.5) is 13.2 Å². The van der Waals surface area contributed by atoms with E-state index in [1.54, 1.807) is 6.20 Å². The number of halogens is 4. The van der Waals surface area contributed by atoms with E-state index in [9.17, 15) is 18.0 Å². The van der Waals surface area contributed by atoms with Crippen molar-refractivity contribution in [1.29, 1.82) is 0 Å². The van der Waals surface area contributed by atoms with Crippen molar-refractivity contribution in [3.8, 4) is 0 Å². The van der Waals surface area contributed by atoms with Gasteiger partial charge in [0.25, 0.3) is 0 Å². The number of amides is 1. The van der Waals surface area contributed by atoms with E-state index in [1.165, 1.54) is 11.6 Å². The standard InChI is InChI=1S/C16H21BrF3N5O/c1-5-24-10(3)12(8-21-24)9(2)22-13(26)6-7-25-11(4)14(17)15(23-25)16(18,19)20/h8-9H,5-7H2,1-4H3,(H,22,26). The summed E-state index contributed by atoms with van der Waals surface area (Å²) in [7, 11) is 0. The lowest BCUT2D eigenvalue weighted by atomic mass is 10.1. The zero-order chi connectivity index (χ0) is 19.6. The first-order chi connectivity index (χ1) is 12.1. The van der Waals surface area contributed by atoms with E-state index in [-0.39, 0.29) is 29.4 Å². The Hall–Kier alpha value is -1.84. The van der Waals surface area contributed by atoms with Gasteiger partial charge in [-0.25, -0.2) is 0 Å². The van der Waals surface area contributed by atoms with Crippen LogP contribution < -0.4 is 5.32 Å². The van der Waals surface area contributed by atoms with Crippen molar-refractivity contribution in [2.75, 3.05) is 0 Å². The summed E-state index contributed by atoms with van der Waals surface area (Å²) in [6, 6.07) is -0.237. The third kappa shape index (κ3) is 4.28. The Morgan fingerprint density at radius 3 is 2.46 bits per heavy atom. The van der Waals surface area contributed by atoms with Gasteiger partial charge in [-0.05, 0) is 43.6 Å². The average molecular weight is 436 g/mol. The molecule has 0 bridgehead atoms. The van der Waals surface area contributed by atoms with Crippen molar-refractivity contribution in [3.05, 3.63) is 33.3 Å². The maximum Gasteiger partial charge on any atom is 0.436 e. The van der Waals surface area contributed by atoms with E-state index in [0.717, 1.165) is 17.8 Å². The van der Waals surface area contributed by atoms with Crippen LogP contribution in [0, 0.1) is 13.8 Å². The lowest BCUT2D eigenvalue weighted by Gasteiger charge is -2.14. The number of hydrogen-bond donors (Lipinski definition) is 1. The molecule has 2 aromatic rings. The van der Waals surface area contributed by atoms with E-state index in [4.69, 9.17) is 0 Å². The first-order valence-electron chi connectivity index (χ1n) is 8.18. The summed E-state index contributed by atoms with van der Waals surface area (Å²) < 4.78 is 41.6. The van der Waals surface area contributed by atoms with Gasteiger partial charge in [-0.15, -0.1) is 0 Å². The van der Waals surface area contributed by atoms with Crippen LogP contribution in [0.1, 0.15) is 49.0 Å². The highest BCUT2D eigenvalue weighted by Crippen LogP contribution is 2.35. The zero-order valence-corrected chi connectivity index (χ0v) is 16.6. The Bertz CT molecular complexity index is 797. The number of alkyl halides is 3. The molecule has 1 N–H and O–H groups in total. The fraction of sp³-hybridized carbons (Fsp3) is 0.562. The number of aromatic nitrogens is 4. The van der Waals surface area contributed by atoms with E-state index >= 15 is 0 Å². The monoisotopic (exact) mass is 435 g/mol. The summed E-state index contributed by atoms with van der Waals surface area (Å²) in [4.78, 5) is 12.2. The van der Waals surface area contributed by atoms with Gasteiger partial charge >= 0.3 is 6.18 Å². The molecule has 2 aromatic heterocycles. The molecule has 2 heterocycles. The van der Waals surface area contributed by atoms with Gasteiger partial charge in [-0.2, -0.15) is 23.4 Å². The zero-order valence-electron chi connectivity index (χ0n) is 15.0. The maximum absolute atomic E-state index is 12.9. The molecule has 6 nitrogen and oxygen atoms in total. The highest BCUT2D eigenvalue weighted by Gasteiger charge is 2.37. The van der Waals surface area contributed by atoms with Gasteiger partial charge in [-0.3, -0.25) is 14.2 Å². The molecular weight excluding hydrogens is 415 g/mol. The number of hydrogen-bond acceptors (Lipinski definition) is 3. The largest absolute Gasteiger partial charge is 0.436 e. The van der Waals surface area contributed by atoms with Crippen LogP contribution in [0.2, 0.25) is 0 Å². The van der Waals surface area contributed by atoms with Gasteiger partial charge in [0, 0.05) is 24.2 Å². The molecule has 10 heteroatoms. The van der Waals surface area contributed by atoms with Crippen molar-refractivity contribution < 1.29 is 18.0 Å². The van der Waals surface area contributed by atoms with Gasteiger partial charge in [-0.1, -0.05) is 0 Å². The molecule has 0 spiro atoms. The first-order valence-corrected chi connectivity index (χ1v) is 8.97. The summed E-state index contributed by atoms with van der Waals surface area (Å²) in [5.41, 5.74) is 1.24. The second kappa shape index (κ2) is 7.81. The van der Waals surface area contributed by atoms with Crippen molar-refractivity contribution in [1.82, 2.24) is 24.9 Å². The number of aryl methyl sites for hydroxylation is 2. The number of carbonyl (C=O) groups excluding carboxylic acids is 1. The van der Waals surface area contributed by atoms with Crippen molar-refractivity contribution >= 4 is 21.8 Å². The van der Waals surface area contributed by atoms with Gasteiger partial charge in [0.15, 0.2) is 5.69 Å². The van der Waals surface area contributed by atoms with E-state index in [0.29, 0.717) is 5.69 Å². The lowest BCUT2D eigenvalue weighted by Crippen LogP contribution is -2.28. The molecular formula is C16H21BrF3N5O. The minimum atomic E-state index is -4.54. The summed E-state index contributed by atoms with van der Waals surface area (Å²) in [6.45, 7) is 8.08. The molecule has 0 radical (unpaired) electrons. The molecule has 1 atom stereocenters. The molecule has 1 amide bonds. The summed E-state index contributed by atoms with van der Waals surface area (Å²) in [5.74, 6) is -0.263. The predicted molar refractivity (Wildman–Crippen MR) is 93.5 cm³/mol.